The molecule has 0 saturated carbocycles. The van der Waals surface area contributed by atoms with Crippen LogP contribution in [0.15, 0.2) is 30.3 Å². The fraction of sp³-hybridized carbons (Fsp3) is 0.438. The smallest absolute Gasteiger partial charge is 0.299 e. The van der Waals surface area contributed by atoms with Crippen LogP contribution in [-0.2, 0) is 13.0 Å². The Labute approximate surface area is 127 Å². The number of nitrogens with zero attached hydrogens (tertiary/aromatic N) is 2. The van der Waals surface area contributed by atoms with Gasteiger partial charge in [0.2, 0.25) is 0 Å². The van der Waals surface area contributed by atoms with Crippen LogP contribution in [0.2, 0.25) is 0 Å². The van der Waals surface area contributed by atoms with E-state index in [1.54, 1.807) is 0 Å². The third-order valence-electron chi connectivity index (χ3n) is 3.99. The van der Waals surface area contributed by atoms with Gasteiger partial charge in [-0.25, -0.2) is 0 Å². The summed E-state index contributed by atoms with van der Waals surface area (Å²) >= 11 is 0. The molecule has 1 aliphatic heterocycles. The molecule has 22 heavy (non-hydrogen) atoms. The Kier molecular flexibility index (Phi) is 4.20. The molecule has 1 aromatic carbocycles. The summed E-state index contributed by atoms with van der Waals surface area (Å²) in [5.41, 5.74) is 4.17. The Bertz CT molecular complexity index is 619. The average molecular weight is 309 g/mol. The number of nitrogens with one attached hydrogen (secondary N) is 1. The highest BCUT2D eigenvalue weighted by Gasteiger charge is 2.27. The second-order valence-corrected chi connectivity index (χ2v) is 5.64. The molecule has 0 bridgehead atoms. The number of halogens is 3. The van der Waals surface area contributed by atoms with E-state index in [0.717, 1.165) is 35.5 Å². The van der Waals surface area contributed by atoms with Gasteiger partial charge in [0.05, 0.1) is 5.69 Å². The van der Waals surface area contributed by atoms with Gasteiger partial charge in [-0.05, 0) is 13.0 Å². The molecule has 0 unspecified atom stereocenters. The molecule has 1 aromatic heterocycles. The SMILES string of the molecule is FC(F)(F)CCCN1CCc2[nH]nc(-c3ccccc3)c2C1. The van der Waals surface area contributed by atoms with Gasteiger partial charge in [0, 0.05) is 42.8 Å². The summed E-state index contributed by atoms with van der Waals surface area (Å²) in [6.45, 7) is 1.91. The van der Waals surface area contributed by atoms with E-state index in [1.807, 2.05) is 30.3 Å². The Morgan fingerprint density at radius 2 is 1.95 bits per heavy atom. The van der Waals surface area contributed by atoms with E-state index in [-0.39, 0.29) is 6.42 Å². The molecule has 2 aromatic rings. The first kappa shape index (κ1) is 15.1. The molecule has 0 radical (unpaired) electrons. The third-order valence-corrected chi connectivity index (χ3v) is 3.99. The molecule has 0 fully saturated rings. The number of alkyl halides is 3. The first-order valence-corrected chi connectivity index (χ1v) is 7.43. The zero-order valence-electron chi connectivity index (χ0n) is 12.2. The lowest BCUT2D eigenvalue weighted by Crippen LogP contribution is -2.31. The maximum absolute atomic E-state index is 12.3. The van der Waals surface area contributed by atoms with E-state index in [4.69, 9.17) is 0 Å². The molecule has 0 atom stereocenters. The molecular weight excluding hydrogens is 291 g/mol. The van der Waals surface area contributed by atoms with Gasteiger partial charge in [-0.2, -0.15) is 18.3 Å². The minimum absolute atomic E-state index is 0.150. The summed E-state index contributed by atoms with van der Waals surface area (Å²) in [5, 5.41) is 7.46. The zero-order valence-corrected chi connectivity index (χ0v) is 12.2. The van der Waals surface area contributed by atoms with E-state index >= 15 is 0 Å². The molecule has 3 nitrogen and oxygen atoms in total. The van der Waals surface area contributed by atoms with Crippen molar-refractivity contribution in [3.63, 3.8) is 0 Å². The van der Waals surface area contributed by atoms with E-state index in [1.165, 1.54) is 0 Å². The topological polar surface area (TPSA) is 31.9 Å². The molecule has 1 N–H and O–H groups in total. The van der Waals surface area contributed by atoms with Crippen LogP contribution < -0.4 is 0 Å². The second-order valence-electron chi connectivity index (χ2n) is 5.64. The van der Waals surface area contributed by atoms with Crippen LogP contribution >= 0.6 is 0 Å². The number of benzene rings is 1. The van der Waals surface area contributed by atoms with Crippen molar-refractivity contribution in [1.29, 1.82) is 0 Å². The Hall–Kier alpha value is -1.82. The number of hydrogen-bond donors (Lipinski definition) is 1. The third kappa shape index (κ3) is 3.50. The molecule has 6 heteroatoms. The quantitative estimate of drug-likeness (QED) is 0.932. The van der Waals surface area contributed by atoms with Gasteiger partial charge in [-0.3, -0.25) is 10.00 Å². The van der Waals surface area contributed by atoms with Crippen molar-refractivity contribution in [2.45, 2.75) is 32.0 Å². The minimum atomic E-state index is -4.06. The summed E-state index contributed by atoms with van der Waals surface area (Å²) in [6, 6.07) is 9.87. The molecule has 118 valence electrons. The number of aromatic nitrogens is 2. The van der Waals surface area contributed by atoms with Crippen molar-refractivity contribution in [2.75, 3.05) is 13.1 Å². The number of fused-ring (bicyclic) bond motifs is 1. The Balaban J connectivity index is 1.69. The van der Waals surface area contributed by atoms with Gasteiger partial charge >= 0.3 is 6.18 Å². The van der Waals surface area contributed by atoms with Gasteiger partial charge in [0.25, 0.3) is 0 Å². The van der Waals surface area contributed by atoms with Gasteiger partial charge in [0.15, 0.2) is 0 Å². The van der Waals surface area contributed by atoms with Crippen molar-refractivity contribution in [2.24, 2.45) is 0 Å². The normalized spacial score (nSPS) is 15.8. The monoisotopic (exact) mass is 309 g/mol. The summed E-state index contributed by atoms with van der Waals surface area (Å²) in [4.78, 5) is 2.08. The van der Waals surface area contributed by atoms with Gasteiger partial charge in [-0.15, -0.1) is 0 Å². The summed E-state index contributed by atoms with van der Waals surface area (Å²) in [7, 11) is 0. The summed E-state index contributed by atoms with van der Waals surface area (Å²) < 4.78 is 36.8. The van der Waals surface area contributed by atoms with Gasteiger partial charge in [0.1, 0.15) is 0 Å². The summed E-state index contributed by atoms with van der Waals surface area (Å²) in [5.74, 6) is 0. The fourth-order valence-electron chi connectivity index (χ4n) is 2.88. The predicted molar refractivity (Wildman–Crippen MR) is 78.3 cm³/mol. The second kappa shape index (κ2) is 6.12. The van der Waals surface area contributed by atoms with E-state index in [0.29, 0.717) is 13.1 Å². The largest absolute Gasteiger partial charge is 0.389 e. The zero-order chi connectivity index (χ0) is 15.6. The van der Waals surface area contributed by atoms with E-state index in [9.17, 15) is 13.2 Å². The van der Waals surface area contributed by atoms with E-state index in [2.05, 4.69) is 15.1 Å². The molecule has 0 saturated heterocycles. The minimum Gasteiger partial charge on any atom is -0.299 e. The Morgan fingerprint density at radius 1 is 1.18 bits per heavy atom. The van der Waals surface area contributed by atoms with Gasteiger partial charge < -0.3 is 0 Å². The maximum Gasteiger partial charge on any atom is 0.389 e. The van der Waals surface area contributed by atoms with Crippen LogP contribution in [0.4, 0.5) is 13.2 Å². The maximum atomic E-state index is 12.3. The summed E-state index contributed by atoms with van der Waals surface area (Å²) in [6.07, 6.45) is -3.82. The highest BCUT2D eigenvalue weighted by atomic mass is 19.4. The standard InChI is InChI=1S/C16H18F3N3/c17-16(18,19)8-4-9-22-10-7-14-13(11-22)15(21-20-14)12-5-2-1-3-6-12/h1-3,5-6H,4,7-11H2,(H,20,21). The molecule has 0 amide bonds. The van der Waals surface area contributed by atoms with Crippen LogP contribution in [0.1, 0.15) is 24.1 Å². The van der Waals surface area contributed by atoms with Crippen molar-refractivity contribution >= 4 is 0 Å². The van der Waals surface area contributed by atoms with Crippen LogP contribution in [0.5, 0.6) is 0 Å². The van der Waals surface area contributed by atoms with Crippen LogP contribution in [-0.4, -0.2) is 34.4 Å². The van der Waals surface area contributed by atoms with Crippen LogP contribution in [0.25, 0.3) is 11.3 Å². The number of rotatable bonds is 4. The highest BCUT2D eigenvalue weighted by molar-refractivity contribution is 5.64. The Morgan fingerprint density at radius 3 is 2.68 bits per heavy atom. The molecule has 3 rings (SSSR count). The average Bonchev–Trinajstić information content (AvgIpc) is 2.90. The van der Waals surface area contributed by atoms with Crippen molar-refractivity contribution in [3.8, 4) is 11.3 Å². The van der Waals surface area contributed by atoms with Crippen molar-refractivity contribution < 1.29 is 13.2 Å². The highest BCUT2D eigenvalue weighted by Crippen LogP contribution is 2.29. The predicted octanol–water partition coefficient (Wildman–Crippen LogP) is 3.78. The van der Waals surface area contributed by atoms with E-state index < -0.39 is 12.6 Å². The molecule has 0 aliphatic carbocycles. The van der Waals surface area contributed by atoms with Crippen LogP contribution in [0, 0.1) is 0 Å². The first-order chi connectivity index (χ1) is 10.5. The lowest BCUT2D eigenvalue weighted by molar-refractivity contribution is -0.136. The molecular formula is C16H18F3N3. The lowest BCUT2D eigenvalue weighted by atomic mass is 10.0. The first-order valence-electron chi connectivity index (χ1n) is 7.43. The number of aromatic amines is 1. The number of H-pyrrole nitrogens is 1. The molecule has 1 aliphatic rings. The fourth-order valence-corrected chi connectivity index (χ4v) is 2.88. The lowest BCUT2D eigenvalue weighted by Gasteiger charge is -2.27. The van der Waals surface area contributed by atoms with Crippen molar-refractivity contribution in [1.82, 2.24) is 15.1 Å². The molecule has 2 heterocycles. The van der Waals surface area contributed by atoms with Gasteiger partial charge in [-0.1, -0.05) is 30.3 Å². The molecule has 0 spiro atoms. The van der Waals surface area contributed by atoms with Crippen LogP contribution in [0.3, 0.4) is 0 Å². The number of hydrogen-bond acceptors (Lipinski definition) is 2. The van der Waals surface area contributed by atoms with Crippen molar-refractivity contribution in [3.05, 3.63) is 41.6 Å².